The van der Waals surface area contributed by atoms with Crippen LogP contribution < -0.4 is 4.90 Å². The average Bonchev–Trinajstić information content (AvgIpc) is 3.21. The molecule has 0 aliphatic carbocycles. The Morgan fingerprint density at radius 2 is 1.42 bits per heavy atom. The van der Waals surface area contributed by atoms with Gasteiger partial charge in [-0.05, 0) is 65.9 Å². The zero-order valence-electron chi connectivity index (χ0n) is 27.3. The summed E-state index contributed by atoms with van der Waals surface area (Å²) >= 11 is 0. The van der Waals surface area contributed by atoms with Crippen LogP contribution in [0.25, 0.3) is 11.3 Å². The molecule has 52 heavy (non-hydrogen) atoms. The van der Waals surface area contributed by atoms with Crippen molar-refractivity contribution in [1.82, 2.24) is 15.0 Å². The Labute approximate surface area is 314 Å². The van der Waals surface area contributed by atoms with Crippen LogP contribution in [0, 0.1) is 34.8 Å². The number of pyridine rings is 3. The summed E-state index contributed by atoms with van der Waals surface area (Å²) in [6, 6.07) is 55.1. The van der Waals surface area contributed by atoms with Gasteiger partial charge in [-0.25, -0.2) is 15.0 Å². The number of carbonyl (C=O) groups is 1. The summed E-state index contributed by atoms with van der Waals surface area (Å²) in [6.07, 6.45) is 3.23. The molecule has 251 valence electrons. The van der Waals surface area contributed by atoms with Crippen molar-refractivity contribution >= 4 is 23.0 Å². The SMILES string of the molecule is N#Cc1c[c-]c2c(c1)N(c1ccccc1)c1cc(C#N)ccc1[C@]2(c1ccccn1)c1cccc(-c2[c-]cccc2)n1.O=C(O)c1ccccn1.[Ir]. The molecule has 4 aromatic carbocycles. The van der Waals surface area contributed by atoms with Gasteiger partial charge in [0.2, 0.25) is 0 Å². The molecule has 0 spiro atoms. The van der Waals surface area contributed by atoms with Gasteiger partial charge in [-0.1, -0.05) is 59.8 Å². The summed E-state index contributed by atoms with van der Waals surface area (Å²) in [5, 5.41) is 28.2. The Hall–Kier alpha value is -6.77. The van der Waals surface area contributed by atoms with Crippen LogP contribution in [-0.2, 0) is 25.5 Å². The van der Waals surface area contributed by atoms with E-state index in [1.807, 2.05) is 115 Å². The molecular formula is C43H26IrN6O2-2. The van der Waals surface area contributed by atoms with Crippen molar-refractivity contribution in [2.75, 3.05) is 4.90 Å². The summed E-state index contributed by atoms with van der Waals surface area (Å²) in [7, 11) is 0. The zero-order chi connectivity index (χ0) is 35.2. The third-order valence-corrected chi connectivity index (χ3v) is 8.50. The number of anilines is 3. The molecule has 3 aromatic heterocycles. The van der Waals surface area contributed by atoms with Gasteiger partial charge in [0.1, 0.15) is 5.69 Å². The fourth-order valence-electron chi connectivity index (χ4n) is 6.33. The largest absolute Gasteiger partial charge is 0.477 e. The second-order valence-corrected chi connectivity index (χ2v) is 11.4. The van der Waals surface area contributed by atoms with Crippen LogP contribution >= 0.6 is 0 Å². The number of aromatic carboxylic acids is 1. The van der Waals surface area contributed by atoms with Gasteiger partial charge in [-0.2, -0.15) is 17.4 Å². The minimum absolute atomic E-state index is 0. The van der Waals surface area contributed by atoms with E-state index in [1.165, 1.54) is 12.3 Å². The van der Waals surface area contributed by atoms with Gasteiger partial charge in [-0.3, -0.25) is 9.97 Å². The van der Waals surface area contributed by atoms with E-state index in [-0.39, 0.29) is 25.8 Å². The molecule has 0 saturated carbocycles. The number of carboxylic acid groups (broad SMARTS) is 1. The van der Waals surface area contributed by atoms with Gasteiger partial charge in [0, 0.05) is 55.6 Å². The van der Waals surface area contributed by atoms with E-state index < -0.39 is 11.4 Å². The predicted molar refractivity (Wildman–Crippen MR) is 192 cm³/mol. The number of rotatable bonds is 5. The number of hydrogen-bond acceptors (Lipinski definition) is 7. The quantitative estimate of drug-likeness (QED) is 0.171. The number of carboxylic acids is 1. The van der Waals surface area contributed by atoms with Crippen LogP contribution in [0.4, 0.5) is 17.1 Å². The first-order valence-corrected chi connectivity index (χ1v) is 15.9. The maximum absolute atomic E-state index is 10.1. The first-order valence-electron chi connectivity index (χ1n) is 15.9. The third-order valence-electron chi connectivity index (χ3n) is 8.50. The standard InChI is InChI=1S/C37H21N5.C6H5NO2.Ir/c38-24-26-17-19-30-33(22-26)42(29-12-5-2-6-13-29)34-23-27(25-39)18-20-31(34)37(30,35-15-7-8-21-40-35)36-16-9-14-32(41-36)28-10-3-1-4-11-28;8-6(9)5-3-1-2-4-7-5;/h1-10,12-19,21-23H;1-4H,(H,8,9);/q-2;;/t37-;;/m0../s1. The van der Waals surface area contributed by atoms with Gasteiger partial charge in [0.15, 0.2) is 0 Å². The van der Waals surface area contributed by atoms with Gasteiger partial charge in [0.05, 0.1) is 22.7 Å². The number of nitriles is 2. The molecular weight excluding hydrogens is 825 g/mol. The van der Waals surface area contributed by atoms with Crippen LogP contribution in [0.3, 0.4) is 0 Å². The molecule has 1 atom stereocenters. The summed E-state index contributed by atoms with van der Waals surface area (Å²) in [4.78, 5) is 26.0. The minimum atomic E-state index is -1.01. The first-order chi connectivity index (χ1) is 25.0. The van der Waals surface area contributed by atoms with Crippen molar-refractivity contribution in [2.45, 2.75) is 5.41 Å². The topological polar surface area (TPSA) is 127 Å². The smallest absolute Gasteiger partial charge is 0.354 e. The number of fused-ring (bicyclic) bond motifs is 2. The number of hydrogen-bond donors (Lipinski definition) is 1. The van der Waals surface area contributed by atoms with Crippen molar-refractivity contribution < 1.29 is 30.0 Å². The fraction of sp³-hybridized carbons (Fsp3) is 0.0233. The number of para-hydroxylation sites is 1. The van der Waals surface area contributed by atoms with Crippen LogP contribution in [0.5, 0.6) is 0 Å². The fourth-order valence-corrected chi connectivity index (χ4v) is 6.33. The summed E-state index contributed by atoms with van der Waals surface area (Å²) < 4.78 is 0. The maximum atomic E-state index is 10.1. The maximum Gasteiger partial charge on any atom is 0.354 e. The summed E-state index contributed by atoms with van der Waals surface area (Å²) in [5.74, 6) is -0.990. The van der Waals surface area contributed by atoms with Gasteiger partial charge in [-0.15, -0.1) is 47.5 Å². The second-order valence-electron chi connectivity index (χ2n) is 11.4. The van der Waals surface area contributed by atoms with E-state index in [0.29, 0.717) is 11.1 Å². The Morgan fingerprint density at radius 3 is 2.08 bits per heavy atom. The molecule has 8 rings (SSSR count). The van der Waals surface area contributed by atoms with E-state index in [9.17, 15) is 15.3 Å². The summed E-state index contributed by atoms with van der Waals surface area (Å²) in [6.45, 7) is 0. The Bertz CT molecular complexity index is 2370. The molecule has 0 fully saturated rings. The van der Waals surface area contributed by atoms with Gasteiger partial charge >= 0.3 is 5.97 Å². The minimum Gasteiger partial charge on any atom is -0.477 e. The molecule has 1 aliphatic rings. The third kappa shape index (κ3) is 6.46. The molecule has 7 aromatic rings. The Kier molecular flexibility index (Phi) is 10.4. The molecule has 8 nitrogen and oxygen atoms in total. The van der Waals surface area contributed by atoms with Crippen molar-refractivity contribution in [1.29, 1.82) is 10.5 Å². The molecule has 9 heteroatoms. The van der Waals surface area contributed by atoms with Crippen LogP contribution in [0.15, 0.2) is 152 Å². The average molecular weight is 851 g/mol. The first kappa shape index (κ1) is 35.1. The Morgan fingerprint density at radius 1 is 0.712 bits per heavy atom. The van der Waals surface area contributed by atoms with E-state index >= 15 is 0 Å². The normalized spacial score (nSPS) is 13.8. The monoisotopic (exact) mass is 851 g/mol. The number of aromatic nitrogens is 3. The molecule has 0 bridgehead atoms. The molecule has 1 aliphatic heterocycles. The van der Waals surface area contributed by atoms with Crippen molar-refractivity contribution in [3.63, 3.8) is 0 Å². The molecule has 0 amide bonds. The predicted octanol–water partition coefficient (Wildman–Crippen LogP) is 8.43. The van der Waals surface area contributed by atoms with E-state index in [1.54, 1.807) is 24.4 Å². The Balaban J connectivity index is 0.000000408. The summed E-state index contributed by atoms with van der Waals surface area (Å²) in [5.41, 5.74) is 7.41. The van der Waals surface area contributed by atoms with Crippen LogP contribution in [0.2, 0.25) is 0 Å². The van der Waals surface area contributed by atoms with E-state index in [4.69, 9.17) is 15.1 Å². The number of nitrogens with zero attached hydrogens (tertiary/aromatic N) is 6. The van der Waals surface area contributed by atoms with Gasteiger partial charge in [0.25, 0.3) is 0 Å². The number of benzene rings is 4. The molecule has 4 heterocycles. The van der Waals surface area contributed by atoms with E-state index in [2.05, 4.69) is 34.2 Å². The van der Waals surface area contributed by atoms with E-state index in [0.717, 1.165) is 50.8 Å². The van der Waals surface area contributed by atoms with Crippen molar-refractivity contribution in [2.24, 2.45) is 0 Å². The van der Waals surface area contributed by atoms with Crippen molar-refractivity contribution in [3.05, 3.63) is 203 Å². The van der Waals surface area contributed by atoms with Crippen LogP contribution in [-0.4, -0.2) is 26.0 Å². The van der Waals surface area contributed by atoms with Gasteiger partial charge < -0.3 is 10.0 Å². The second kappa shape index (κ2) is 15.4. The molecule has 1 radical (unpaired) electrons. The molecule has 0 unspecified atom stereocenters. The molecule has 1 N–H and O–H groups in total. The van der Waals surface area contributed by atoms with Crippen LogP contribution in [0.1, 0.15) is 44.1 Å². The van der Waals surface area contributed by atoms with Crippen molar-refractivity contribution in [3.8, 4) is 23.4 Å². The zero-order valence-corrected chi connectivity index (χ0v) is 29.7. The molecule has 0 saturated heterocycles.